The zero-order chi connectivity index (χ0) is 22.6. The van der Waals surface area contributed by atoms with Gasteiger partial charge in [0, 0.05) is 29.5 Å². The van der Waals surface area contributed by atoms with E-state index in [9.17, 15) is 8.42 Å². The molecule has 0 aliphatic heterocycles. The second-order valence-corrected chi connectivity index (χ2v) is 10.1. The summed E-state index contributed by atoms with van der Waals surface area (Å²) in [6.07, 6.45) is 3.01. The molecule has 0 saturated carbocycles. The largest absolute Gasteiger partial charge is 0.395 e. The topological polar surface area (TPSA) is 104 Å². The molecule has 1 aromatic heterocycles. The Morgan fingerprint density at radius 1 is 1.03 bits per heavy atom. The van der Waals surface area contributed by atoms with Gasteiger partial charge in [-0.1, -0.05) is 44.5 Å². The van der Waals surface area contributed by atoms with Crippen LogP contribution in [0.4, 0.5) is 11.5 Å². The lowest BCUT2D eigenvalue weighted by atomic mass is 9.87. The Labute approximate surface area is 187 Å². The summed E-state index contributed by atoms with van der Waals surface area (Å²) in [5, 5.41) is 12.5. The number of aliphatic hydroxyl groups excluding tert-OH is 1. The number of hydrogen-bond acceptors (Lipinski definition) is 6. The highest BCUT2D eigenvalue weighted by Gasteiger charge is 2.21. The van der Waals surface area contributed by atoms with Crippen LogP contribution in [-0.4, -0.2) is 36.6 Å². The van der Waals surface area contributed by atoms with Gasteiger partial charge in [0.15, 0.2) is 5.82 Å². The summed E-state index contributed by atoms with van der Waals surface area (Å²) in [5.41, 5.74) is 2.16. The van der Waals surface area contributed by atoms with Crippen molar-refractivity contribution in [2.24, 2.45) is 0 Å². The van der Waals surface area contributed by atoms with E-state index in [4.69, 9.17) is 16.7 Å². The first kappa shape index (κ1) is 23.0. The van der Waals surface area contributed by atoms with Crippen molar-refractivity contribution in [1.82, 2.24) is 9.97 Å². The molecule has 0 fully saturated rings. The molecule has 0 radical (unpaired) electrons. The average molecular weight is 461 g/mol. The van der Waals surface area contributed by atoms with E-state index in [0.29, 0.717) is 27.8 Å². The maximum atomic E-state index is 13.1. The van der Waals surface area contributed by atoms with E-state index in [2.05, 4.69) is 40.8 Å². The van der Waals surface area contributed by atoms with Crippen molar-refractivity contribution >= 4 is 33.1 Å². The van der Waals surface area contributed by atoms with E-state index in [1.54, 1.807) is 30.3 Å². The van der Waals surface area contributed by atoms with Crippen LogP contribution in [0.2, 0.25) is 5.02 Å². The van der Waals surface area contributed by atoms with Gasteiger partial charge in [-0.3, -0.25) is 9.71 Å². The van der Waals surface area contributed by atoms with Gasteiger partial charge >= 0.3 is 0 Å². The Morgan fingerprint density at radius 2 is 1.71 bits per heavy atom. The monoisotopic (exact) mass is 460 g/mol. The molecule has 0 aliphatic rings. The first-order chi connectivity index (χ1) is 14.6. The third-order valence-corrected chi connectivity index (χ3v) is 6.23. The van der Waals surface area contributed by atoms with Crippen LogP contribution >= 0.6 is 11.6 Å². The fourth-order valence-electron chi connectivity index (χ4n) is 2.98. The average Bonchev–Trinajstić information content (AvgIpc) is 2.73. The maximum Gasteiger partial charge on any atom is 0.261 e. The van der Waals surface area contributed by atoms with Gasteiger partial charge in [0.25, 0.3) is 10.0 Å². The summed E-state index contributed by atoms with van der Waals surface area (Å²) in [5.74, 6) is 0.411. The Kier molecular flexibility index (Phi) is 6.83. The summed E-state index contributed by atoms with van der Waals surface area (Å²) in [4.78, 5) is 8.74. The summed E-state index contributed by atoms with van der Waals surface area (Å²) in [7, 11) is -3.85. The number of hydrogen-bond donors (Lipinski definition) is 3. The lowest BCUT2D eigenvalue weighted by molar-refractivity contribution is 0.311. The Bertz CT molecular complexity index is 1160. The van der Waals surface area contributed by atoms with Crippen LogP contribution in [0.1, 0.15) is 26.3 Å². The van der Waals surface area contributed by atoms with E-state index >= 15 is 0 Å². The molecule has 0 spiro atoms. The van der Waals surface area contributed by atoms with Crippen molar-refractivity contribution in [3.8, 4) is 11.3 Å². The number of halogens is 1. The van der Waals surface area contributed by atoms with Gasteiger partial charge in [-0.15, -0.1) is 0 Å². The van der Waals surface area contributed by atoms with Gasteiger partial charge < -0.3 is 10.4 Å². The van der Waals surface area contributed by atoms with E-state index < -0.39 is 10.0 Å². The first-order valence-electron chi connectivity index (χ1n) is 9.71. The normalized spacial score (nSPS) is 11.9. The molecule has 31 heavy (non-hydrogen) atoms. The standard InChI is InChI=1S/C22H25ClN4O3S/c1-22(2,3)15-4-7-17(8-5-15)31(29,30)27-19-9-6-16(23)14-18(19)20-21(26-12-13-28)25-11-10-24-20/h4-11,14,27-28H,12-13H2,1-3H3,(H,25,26). The van der Waals surface area contributed by atoms with Crippen molar-refractivity contribution in [1.29, 1.82) is 0 Å². The zero-order valence-electron chi connectivity index (χ0n) is 17.6. The molecule has 1 heterocycles. The maximum absolute atomic E-state index is 13.1. The molecule has 3 N–H and O–H groups in total. The third kappa shape index (κ3) is 5.52. The Morgan fingerprint density at radius 3 is 2.35 bits per heavy atom. The highest BCUT2D eigenvalue weighted by atomic mass is 35.5. The second-order valence-electron chi connectivity index (χ2n) is 7.97. The van der Waals surface area contributed by atoms with E-state index in [-0.39, 0.29) is 23.5 Å². The molecule has 0 unspecified atom stereocenters. The van der Waals surface area contributed by atoms with Gasteiger partial charge in [0.05, 0.1) is 17.2 Å². The highest BCUT2D eigenvalue weighted by molar-refractivity contribution is 7.92. The molecule has 0 aliphatic carbocycles. The second kappa shape index (κ2) is 9.21. The van der Waals surface area contributed by atoms with Crippen LogP contribution in [0, 0.1) is 0 Å². The highest BCUT2D eigenvalue weighted by Crippen LogP contribution is 2.34. The Hall–Kier alpha value is -2.68. The molecule has 9 heteroatoms. The minimum atomic E-state index is -3.85. The number of nitrogens with zero attached hydrogens (tertiary/aromatic N) is 2. The van der Waals surface area contributed by atoms with Crippen molar-refractivity contribution in [2.45, 2.75) is 31.1 Å². The number of rotatable bonds is 7. The van der Waals surface area contributed by atoms with E-state index in [0.717, 1.165) is 5.56 Å². The van der Waals surface area contributed by atoms with Gasteiger partial charge in [-0.25, -0.2) is 13.4 Å². The van der Waals surface area contributed by atoms with Crippen LogP contribution in [0.3, 0.4) is 0 Å². The predicted molar refractivity (Wildman–Crippen MR) is 124 cm³/mol. The van der Waals surface area contributed by atoms with Gasteiger partial charge in [0.2, 0.25) is 0 Å². The molecule has 2 aromatic carbocycles. The molecule has 0 bridgehead atoms. The molecule has 0 atom stereocenters. The minimum Gasteiger partial charge on any atom is -0.395 e. The number of benzene rings is 2. The van der Waals surface area contributed by atoms with Crippen LogP contribution < -0.4 is 10.0 Å². The van der Waals surface area contributed by atoms with Crippen molar-refractivity contribution in [2.75, 3.05) is 23.2 Å². The molecule has 0 amide bonds. The Balaban J connectivity index is 2.00. The summed E-state index contributed by atoms with van der Waals surface area (Å²) >= 11 is 6.19. The molecule has 3 rings (SSSR count). The molecular weight excluding hydrogens is 436 g/mol. The molecule has 7 nitrogen and oxygen atoms in total. The van der Waals surface area contributed by atoms with Crippen LogP contribution in [0.5, 0.6) is 0 Å². The predicted octanol–water partition coefficient (Wildman–Crippen LogP) is 4.30. The molecule has 3 aromatic rings. The smallest absolute Gasteiger partial charge is 0.261 e. The fourth-order valence-corrected chi connectivity index (χ4v) is 4.23. The van der Waals surface area contributed by atoms with Gasteiger partial charge in [-0.2, -0.15) is 0 Å². The summed E-state index contributed by atoms with van der Waals surface area (Å²) < 4.78 is 28.8. The lowest BCUT2D eigenvalue weighted by Gasteiger charge is -2.19. The lowest BCUT2D eigenvalue weighted by Crippen LogP contribution is -2.16. The number of aromatic nitrogens is 2. The number of nitrogens with one attached hydrogen (secondary N) is 2. The van der Waals surface area contributed by atoms with Gasteiger partial charge in [-0.05, 0) is 41.3 Å². The fraction of sp³-hybridized carbons (Fsp3) is 0.273. The molecular formula is C22H25ClN4O3S. The van der Waals surface area contributed by atoms with Crippen LogP contribution in [0.15, 0.2) is 59.8 Å². The third-order valence-electron chi connectivity index (χ3n) is 4.61. The molecule has 164 valence electrons. The minimum absolute atomic E-state index is 0.0803. The SMILES string of the molecule is CC(C)(C)c1ccc(S(=O)(=O)Nc2ccc(Cl)cc2-c2nccnc2NCCO)cc1. The van der Waals surface area contributed by atoms with Crippen molar-refractivity contribution < 1.29 is 13.5 Å². The van der Waals surface area contributed by atoms with Crippen molar-refractivity contribution in [3.05, 3.63) is 65.4 Å². The first-order valence-corrected chi connectivity index (χ1v) is 11.6. The molecule has 0 saturated heterocycles. The summed E-state index contributed by atoms with van der Waals surface area (Å²) in [6.45, 7) is 6.39. The van der Waals surface area contributed by atoms with Crippen LogP contribution in [0.25, 0.3) is 11.3 Å². The van der Waals surface area contributed by atoms with E-state index in [1.165, 1.54) is 12.4 Å². The number of sulfonamides is 1. The quantitative estimate of drug-likeness (QED) is 0.485. The number of aliphatic hydroxyl groups is 1. The summed E-state index contributed by atoms with van der Waals surface area (Å²) in [6, 6.07) is 11.6. The van der Waals surface area contributed by atoms with Crippen molar-refractivity contribution in [3.63, 3.8) is 0 Å². The zero-order valence-corrected chi connectivity index (χ0v) is 19.1. The number of anilines is 2. The van der Waals surface area contributed by atoms with E-state index in [1.807, 2.05) is 12.1 Å². The van der Waals surface area contributed by atoms with Gasteiger partial charge in [0.1, 0.15) is 5.69 Å². The van der Waals surface area contributed by atoms with Crippen LogP contribution in [-0.2, 0) is 15.4 Å².